The second-order valence-corrected chi connectivity index (χ2v) is 9.40. The SMILES string of the molecule is N#Cc1ccc([C@@H](O)CC2=C(C(=O)O)N3C(=O)CC3(C[C@H](O)c3ccc(C#N)cc3)S2)cc1.[KH].[KH]. The third kappa shape index (κ3) is 6.38. The van der Waals surface area contributed by atoms with E-state index in [0.717, 1.165) is 0 Å². The molecule has 2 aromatic carbocycles. The van der Waals surface area contributed by atoms with Gasteiger partial charge in [-0.25, -0.2) is 4.79 Å². The number of aliphatic hydroxyl groups excluding tert-OH is 2. The molecule has 2 aliphatic rings. The van der Waals surface area contributed by atoms with Gasteiger partial charge in [-0.2, -0.15) is 10.5 Å². The molecule has 3 N–H and O–H groups in total. The van der Waals surface area contributed by atoms with Crippen molar-refractivity contribution in [3.63, 3.8) is 0 Å². The zero-order valence-corrected chi connectivity index (χ0v) is 18.1. The van der Waals surface area contributed by atoms with Gasteiger partial charge in [0.15, 0.2) is 0 Å². The van der Waals surface area contributed by atoms with E-state index in [-0.39, 0.29) is 134 Å². The van der Waals surface area contributed by atoms with E-state index in [1.165, 1.54) is 16.7 Å². The van der Waals surface area contributed by atoms with Crippen LogP contribution in [0, 0.1) is 22.7 Å². The molecule has 0 radical (unpaired) electrons. The number of fused-ring (bicyclic) bond motifs is 1. The summed E-state index contributed by atoms with van der Waals surface area (Å²) >= 11 is 1.19. The van der Waals surface area contributed by atoms with Crippen LogP contribution in [0.5, 0.6) is 0 Å². The van der Waals surface area contributed by atoms with Crippen LogP contribution in [0.15, 0.2) is 59.1 Å². The van der Waals surface area contributed by atoms with Gasteiger partial charge in [-0.1, -0.05) is 36.0 Å². The van der Waals surface area contributed by atoms with Crippen LogP contribution in [0.25, 0.3) is 0 Å². The summed E-state index contributed by atoms with van der Waals surface area (Å²) in [6.07, 6.45) is -1.85. The second kappa shape index (κ2) is 12.9. The van der Waals surface area contributed by atoms with Gasteiger partial charge in [-0.3, -0.25) is 9.69 Å². The Bertz CT molecular complexity index is 1240. The average molecular weight is 542 g/mol. The average Bonchev–Trinajstić information content (AvgIpc) is 3.06. The number of benzene rings is 2. The van der Waals surface area contributed by atoms with E-state index in [2.05, 4.69) is 0 Å². The van der Waals surface area contributed by atoms with Crippen molar-refractivity contribution in [1.82, 2.24) is 4.90 Å². The topological polar surface area (TPSA) is 146 Å². The quantitative estimate of drug-likeness (QED) is 0.354. The van der Waals surface area contributed by atoms with Crippen molar-refractivity contribution in [2.24, 2.45) is 0 Å². The summed E-state index contributed by atoms with van der Waals surface area (Å²) in [6, 6.07) is 16.8. The summed E-state index contributed by atoms with van der Waals surface area (Å²) < 4.78 is 0. The molecule has 170 valence electrons. The van der Waals surface area contributed by atoms with Crippen LogP contribution in [0.1, 0.15) is 53.7 Å². The van der Waals surface area contributed by atoms with Crippen molar-refractivity contribution in [1.29, 1.82) is 10.5 Å². The molecule has 3 atom stereocenters. The summed E-state index contributed by atoms with van der Waals surface area (Å²) in [6.45, 7) is 0. The van der Waals surface area contributed by atoms with Crippen LogP contribution in [0.4, 0.5) is 0 Å². The predicted molar refractivity (Wildman–Crippen MR) is 132 cm³/mol. The number of thioether (sulfide) groups is 1. The number of nitriles is 2. The van der Waals surface area contributed by atoms with E-state index in [1.807, 2.05) is 12.1 Å². The molecular formula is C24H21K2N3O5S. The Morgan fingerprint density at radius 1 is 0.971 bits per heavy atom. The molecule has 4 rings (SSSR count). The zero-order valence-electron chi connectivity index (χ0n) is 17.3. The molecule has 8 nitrogen and oxygen atoms in total. The Morgan fingerprint density at radius 2 is 1.46 bits per heavy atom. The first-order chi connectivity index (χ1) is 15.8. The number of hydrogen-bond acceptors (Lipinski definition) is 7. The maximum absolute atomic E-state index is 12.4. The molecule has 0 bridgehead atoms. The van der Waals surface area contributed by atoms with Crippen molar-refractivity contribution in [2.75, 3.05) is 0 Å². The number of nitrogens with zero attached hydrogens (tertiary/aromatic N) is 3. The molecule has 1 fully saturated rings. The third-order valence-electron chi connectivity index (χ3n) is 5.83. The summed E-state index contributed by atoms with van der Waals surface area (Å²) in [5, 5.41) is 49.2. The molecule has 1 saturated heterocycles. The van der Waals surface area contributed by atoms with Gasteiger partial charge in [0, 0.05) is 17.7 Å². The first kappa shape index (κ1) is 30.9. The molecule has 1 amide bonds. The van der Waals surface area contributed by atoms with Gasteiger partial charge in [0.05, 0.1) is 41.9 Å². The van der Waals surface area contributed by atoms with E-state index in [4.69, 9.17) is 10.5 Å². The van der Waals surface area contributed by atoms with Gasteiger partial charge in [0.25, 0.3) is 0 Å². The number of carboxylic acids is 1. The summed E-state index contributed by atoms with van der Waals surface area (Å²) in [4.78, 5) is 25.1. The van der Waals surface area contributed by atoms with Crippen molar-refractivity contribution in [3.8, 4) is 12.1 Å². The fourth-order valence-electron chi connectivity index (χ4n) is 4.17. The molecule has 0 aromatic heterocycles. The van der Waals surface area contributed by atoms with E-state index >= 15 is 0 Å². The van der Waals surface area contributed by atoms with Crippen LogP contribution < -0.4 is 0 Å². The predicted octanol–water partition coefficient (Wildman–Crippen LogP) is 1.65. The second-order valence-electron chi connectivity index (χ2n) is 7.94. The first-order valence-corrected chi connectivity index (χ1v) is 10.9. The molecule has 35 heavy (non-hydrogen) atoms. The van der Waals surface area contributed by atoms with Gasteiger partial charge in [-0.05, 0) is 35.4 Å². The summed E-state index contributed by atoms with van der Waals surface area (Å²) in [7, 11) is 0. The Kier molecular flexibility index (Phi) is 11.4. The number of rotatable bonds is 7. The zero-order chi connectivity index (χ0) is 23.8. The third-order valence-corrected chi connectivity index (χ3v) is 7.31. The summed E-state index contributed by atoms with van der Waals surface area (Å²) in [5.41, 5.74) is 1.81. The molecule has 11 heteroatoms. The van der Waals surface area contributed by atoms with Crippen molar-refractivity contribution >= 4 is 126 Å². The van der Waals surface area contributed by atoms with Crippen LogP contribution in [-0.2, 0) is 9.59 Å². The van der Waals surface area contributed by atoms with E-state index in [1.54, 1.807) is 48.5 Å². The molecule has 1 unspecified atom stereocenters. The number of aliphatic hydroxyl groups is 2. The monoisotopic (exact) mass is 541 g/mol. The number of carbonyl (C=O) groups is 2. The standard InChI is InChI=1S/C24H19N3O5S.2K.2H/c25-12-14-1-5-16(6-2-14)18(28)9-20-22(23(31)32)27-21(30)11-24(27,33-20)10-19(29)17-7-3-15(13-26)4-8-17;;;;/h1-8,18-19,28-29H,9-11H2,(H,31,32);;;;/t18-,19-,24?;;;;/m0..../s1. The minimum absolute atomic E-state index is 0. The Labute approximate surface area is 291 Å². The maximum atomic E-state index is 12.4. The molecule has 2 aromatic rings. The Morgan fingerprint density at radius 3 is 1.89 bits per heavy atom. The fourth-order valence-corrected chi connectivity index (χ4v) is 5.87. The molecule has 2 aliphatic heterocycles. The van der Waals surface area contributed by atoms with Crippen molar-refractivity contribution < 1.29 is 24.9 Å². The van der Waals surface area contributed by atoms with Crippen LogP contribution in [0.3, 0.4) is 0 Å². The molecular weight excluding hydrogens is 521 g/mol. The minimum atomic E-state index is -1.27. The summed E-state index contributed by atoms with van der Waals surface area (Å²) in [5.74, 6) is -1.62. The van der Waals surface area contributed by atoms with Crippen LogP contribution in [-0.4, -0.2) is 140 Å². The Balaban J connectivity index is 0.00000216. The normalized spacial score (nSPS) is 19.8. The van der Waals surface area contributed by atoms with Crippen LogP contribution >= 0.6 is 11.8 Å². The number of carbonyl (C=O) groups excluding carboxylic acids is 1. The molecule has 0 aliphatic carbocycles. The molecule has 0 spiro atoms. The number of aliphatic carboxylic acids is 1. The molecule has 0 saturated carbocycles. The van der Waals surface area contributed by atoms with E-state index in [9.17, 15) is 24.9 Å². The number of hydrogen-bond donors (Lipinski definition) is 3. The van der Waals surface area contributed by atoms with Gasteiger partial charge >= 0.3 is 109 Å². The van der Waals surface area contributed by atoms with Crippen molar-refractivity contribution in [2.45, 2.75) is 36.3 Å². The Hall–Kier alpha value is -0.357. The number of β-lactam (4-membered cyclic amide) rings is 1. The van der Waals surface area contributed by atoms with Gasteiger partial charge < -0.3 is 15.3 Å². The van der Waals surface area contributed by atoms with Crippen LogP contribution in [0.2, 0.25) is 0 Å². The van der Waals surface area contributed by atoms with Gasteiger partial charge in [0.1, 0.15) is 10.6 Å². The molecule has 2 heterocycles. The van der Waals surface area contributed by atoms with E-state index in [0.29, 0.717) is 27.2 Å². The van der Waals surface area contributed by atoms with Crippen molar-refractivity contribution in [3.05, 3.63) is 81.4 Å². The number of carboxylic acid groups (broad SMARTS) is 1. The first-order valence-electron chi connectivity index (χ1n) is 10.1. The van der Waals surface area contributed by atoms with Gasteiger partial charge in [-0.15, -0.1) is 0 Å². The number of amides is 1. The van der Waals surface area contributed by atoms with Gasteiger partial charge in [0.2, 0.25) is 5.91 Å². The van der Waals surface area contributed by atoms with E-state index < -0.39 is 23.0 Å². The fraction of sp³-hybridized carbons (Fsp3) is 0.250.